The second-order valence-corrected chi connectivity index (χ2v) is 5.05. The third kappa shape index (κ3) is 3.65. The van der Waals surface area contributed by atoms with Gasteiger partial charge in [0.1, 0.15) is 0 Å². The van der Waals surface area contributed by atoms with Gasteiger partial charge in [0.05, 0.1) is 5.56 Å². The van der Waals surface area contributed by atoms with Crippen molar-refractivity contribution in [2.75, 3.05) is 0 Å². The molecule has 0 saturated heterocycles. The maximum absolute atomic E-state index is 11.9. The number of ketones is 1. The van der Waals surface area contributed by atoms with E-state index in [1.807, 2.05) is 12.1 Å². The molecule has 2 aromatic carbocycles. The Labute approximate surface area is 124 Å². The molecule has 0 spiro atoms. The van der Waals surface area contributed by atoms with Gasteiger partial charge in [-0.1, -0.05) is 34.1 Å². The Kier molecular flexibility index (Phi) is 4.48. The van der Waals surface area contributed by atoms with Gasteiger partial charge in [0, 0.05) is 10.0 Å². The highest BCUT2D eigenvalue weighted by Gasteiger charge is 2.02. The lowest BCUT2D eigenvalue weighted by molar-refractivity contribution is 0.0696. The lowest BCUT2D eigenvalue weighted by Gasteiger charge is -1.97. The van der Waals surface area contributed by atoms with Crippen LogP contribution in [0.25, 0.3) is 6.08 Å². The molecule has 0 amide bonds. The number of carbonyl (C=O) groups is 2. The molecule has 2 aromatic rings. The van der Waals surface area contributed by atoms with Crippen LogP contribution in [0.3, 0.4) is 0 Å². The zero-order valence-corrected chi connectivity index (χ0v) is 12.0. The van der Waals surface area contributed by atoms with Crippen LogP contribution in [-0.4, -0.2) is 16.9 Å². The van der Waals surface area contributed by atoms with Crippen molar-refractivity contribution in [1.29, 1.82) is 0 Å². The van der Waals surface area contributed by atoms with Crippen LogP contribution in [-0.2, 0) is 0 Å². The summed E-state index contributed by atoms with van der Waals surface area (Å²) >= 11 is 3.31. The molecule has 3 nitrogen and oxygen atoms in total. The minimum Gasteiger partial charge on any atom is -0.478 e. The molecule has 0 heterocycles. The summed E-state index contributed by atoms with van der Waals surface area (Å²) in [6, 6.07) is 13.4. The number of benzene rings is 2. The lowest BCUT2D eigenvalue weighted by atomic mass is 10.1. The summed E-state index contributed by atoms with van der Waals surface area (Å²) in [7, 11) is 0. The third-order valence-corrected chi connectivity index (χ3v) is 3.24. The van der Waals surface area contributed by atoms with E-state index in [0.29, 0.717) is 5.56 Å². The van der Waals surface area contributed by atoms with Gasteiger partial charge in [0.2, 0.25) is 0 Å². The van der Waals surface area contributed by atoms with Gasteiger partial charge in [0.15, 0.2) is 5.78 Å². The van der Waals surface area contributed by atoms with E-state index in [-0.39, 0.29) is 11.3 Å². The maximum Gasteiger partial charge on any atom is 0.335 e. The fourth-order valence-electron chi connectivity index (χ4n) is 1.62. The molecule has 2 rings (SSSR count). The molecule has 4 heteroatoms. The molecule has 1 N–H and O–H groups in total. The first-order valence-corrected chi connectivity index (χ1v) is 6.67. The van der Waals surface area contributed by atoms with Crippen LogP contribution in [0.2, 0.25) is 0 Å². The van der Waals surface area contributed by atoms with Crippen molar-refractivity contribution < 1.29 is 14.7 Å². The highest BCUT2D eigenvalue weighted by molar-refractivity contribution is 9.10. The number of allylic oxidation sites excluding steroid dienone is 1. The van der Waals surface area contributed by atoms with Crippen molar-refractivity contribution in [2.24, 2.45) is 0 Å². The molecule has 100 valence electrons. The molecule has 0 aliphatic heterocycles. The zero-order chi connectivity index (χ0) is 14.5. The Bertz CT molecular complexity index is 655. The summed E-state index contributed by atoms with van der Waals surface area (Å²) in [5.74, 6) is -1.06. The molecule has 0 aliphatic rings. The molecular weight excluding hydrogens is 320 g/mol. The number of aromatic carboxylic acids is 1. The Morgan fingerprint density at radius 3 is 2.00 bits per heavy atom. The molecule has 0 bridgehead atoms. The van der Waals surface area contributed by atoms with E-state index in [0.717, 1.165) is 10.0 Å². The molecule has 20 heavy (non-hydrogen) atoms. The Balaban J connectivity index is 2.10. The van der Waals surface area contributed by atoms with E-state index in [2.05, 4.69) is 15.9 Å². The first kappa shape index (κ1) is 14.2. The van der Waals surface area contributed by atoms with E-state index in [1.165, 1.54) is 18.2 Å². The molecular formula is C16H11BrO3. The molecule has 0 aromatic heterocycles. The number of hydrogen-bond acceptors (Lipinski definition) is 2. The van der Waals surface area contributed by atoms with Crippen molar-refractivity contribution >= 4 is 33.8 Å². The van der Waals surface area contributed by atoms with Crippen molar-refractivity contribution in [2.45, 2.75) is 0 Å². The van der Waals surface area contributed by atoms with Gasteiger partial charge in [-0.15, -0.1) is 0 Å². The SMILES string of the molecule is O=C(O)c1ccc(/C=C/C(=O)c2ccc(Br)cc2)cc1. The quantitative estimate of drug-likeness (QED) is 0.679. The van der Waals surface area contributed by atoms with Crippen LogP contribution in [0, 0.1) is 0 Å². The van der Waals surface area contributed by atoms with Crippen LogP contribution < -0.4 is 0 Å². The molecule has 0 radical (unpaired) electrons. The van der Waals surface area contributed by atoms with Crippen LogP contribution >= 0.6 is 15.9 Å². The van der Waals surface area contributed by atoms with Crippen molar-refractivity contribution in [3.63, 3.8) is 0 Å². The van der Waals surface area contributed by atoms with E-state index < -0.39 is 5.97 Å². The zero-order valence-electron chi connectivity index (χ0n) is 10.4. The Morgan fingerprint density at radius 2 is 1.45 bits per heavy atom. The number of hydrogen-bond donors (Lipinski definition) is 1. The highest BCUT2D eigenvalue weighted by Crippen LogP contribution is 2.12. The lowest BCUT2D eigenvalue weighted by Crippen LogP contribution is -1.95. The van der Waals surface area contributed by atoms with Gasteiger partial charge in [0.25, 0.3) is 0 Å². The monoisotopic (exact) mass is 330 g/mol. The average Bonchev–Trinajstić information content (AvgIpc) is 2.46. The van der Waals surface area contributed by atoms with Crippen LogP contribution in [0.15, 0.2) is 59.1 Å². The molecule has 0 atom stereocenters. The first-order chi connectivity index (χ1) is 9.56. The summed E-state index contributed by atoms with van der Waals surface area (Å²) in [5.41, 5.74) is 1.61. The second kappa shape index (κ2) is 6.30. The van der Waals surface area contributed by atoms with Gasteiger partial charge >= 0.3 is 5.97 Å². The van der Waals surface area contributed by atoms with Gasteiger partial charge in [-0.3, -0.25) is 4.79 Å². The third-order valence-electron chi connectivity index (χ3n) is 2.71. The Morgan fingerprint density at radius 1 is 0.900 bits per heavy atom. The maximum atomic E-state index is 11.9. The fourth-order valence-corrected chi connectivity index (χ4v) is 1.88. The molecule has 0 aliphatic carbocycles. The smallest absolute Gasteiger partial charge is 0.335 e. The van der Waals surface area contributed by atoms with Crippen molar-refractivity contribution in [3.05, 3.63) is 75.8 Å². The predicted octanol–water partition coefficient (Wildman–Crippen LogP) is 4.04. The Hall–Kier alpha value is -2.20. The van der Waals surface area contributed by atoms with Gasteiger partial charge in [-0.05, 0) is 48.0 Å². The molecule has 0 unspecified atom stereocenters. The van der Waals surface area contributed by atoms with Crippen LogP contribution in [0.1, 0.15) is 26.3 Å². The number of carboxylic acids is 1. The van der Waals surface area contributed by atoms with Gasteiger partial charge < -0.3 is 5.11 Å². The molecule has 0 saturated carbocycles. The summed E-state index contributed by atoms with van der Waals surface area (Å²) in [5, 5.41) is 8.79. The summed E-state index contributed by atoms with van der Waals surface area (Å²) < 4.78 is 0.919. The van der Waals surface area contributed by atoms with Crippen molar-refractivity contribution in [1.82, 2.24) is 0 Å². The summed E-state index contributed by atoms with van der Waals surface area (Å²) in [6.07, 6.45) is 3.13. The van der Waals surface area contributed by atoms with E-state index in [1.54, 1.807) is 30.3 Å². The average molecular weight is 331 g/mol. The predicted molar refractivity (Wildman–Crippen MR) is 80.9 cm³/mol. The van der Waals surface area contributed by atoms with Gasteiger partial charge in [-0.25, -0.2) is 4.79 Å². The van der Waals surface area contributed by atoms with E-state index in [4.69, 9.17) is 5.11 Å². The van der Waals surface area contributed by atoms with Crippen molar-refractivity contribution in [3.8, 4) is 0 Å². The largest absolute Gasteiger partial charge is 0.478 e. The number of rotatable bonds is 4. The topological polar surface area (TPSA) is 54.4 Å². The number of carboxylic acid groups (broad SMARTS) is 1. The fraction of sp³-hybridized carbons (Fsp3) is 0. The minimum atomic E-state index is -0.966. The van der Waals surface area contributed by atoms with Gasteiger partial charge in [-0.2, -0.15) is 0 Å². The van der Waals surface area contributed by atoms with Crippen LogP contribution in [0.5, 0.6) is 0 Å². The molecule has 0 fully saturated rings. The first-order valence-electron chi connectivity index (χ1n) is 5.87. The highest BCUT2D eigenvalue weighted by atomic mass is 79.9. The minimum absolute atomic E-state index is 0.0974. The summed E-state index contributed by atoms with van der Waals surface area (Å²) in [6.45, 7) is 0. The number of carbonyl (C=O) groups excluding carboxylic acids is 1. The van der Waals surface area contributed by atoms with E-state index in [9.17, 15) is 9.59 Å². The second-order valence-electron chi connectivity index (χ2n) is 4.13. The standard InChI is InChI=1S/C16H11BrO3/c17-14-8-6-12(7-9-14)15(18)10-3-11-1-4-13(5-2-11)16(19)20/h1-10H,(H,19,20)/b10-3+. The van der Waals surface area contributed by atoms with Crippen LogP contribution in [0.4, 0.5) is 0 Å². The normalized spacial score (nSPS) is 10.7. The number of halogens is 1. The van der Waals surface area contributed by atoms with E-state index >= 15 is 0 Å². The summed E-state index contributed by atoms with van der Waals surface area (Å²) in [4.78, 5) is 22.6.